The van der Waals surface area contributed by atoms with Crippen molar-refractivity contribution in [2.45, 2.75) is 44.7 Å². The second-order valence-corrected chi connectivity index (χ2v) is 6.22. The first-order chi connectivity index (χ1) is 9.84. The van der Waals surface area contributed by atoms with Crippen molar-refractivity contribution in [3.8, 4) is 0 Å². The van der Waals surface area contributed by atoms with Gasteiger partial charge in [-0.3, -0.25) is 0 Å². The van der Waals surface area contributed by atoms with Crippen molar-refractivity contribution in [1.82, 2.24) is 10.2 Å². The van der Waals surface area contributed by atoms with E-state index in [0.29, 0.717) is 0 Å². The Hall–Kier alpha value is -1.06. The van der Waals surface area contributed by atoms with Crippen LogP contribution in [0.25, 0.3) is 0 Å². The molecule has 0 bridgehead atoms. The maximum absolute atomic E-state index is 3.60. The summed E-state index contributed by atoms with van der Waals surface area (Å²) < 4.78 is 0. The fourth-order valence-electron chi connectivity index (χ4n) is 3.56. The third kappa shape index (κ3) is 3.15. The molecular formula is C17H27N3. The maximum Gasteiger partial charge on any atom is 0.0419 e. The molecule has 1 fully saturated rings. The maximum atomic E-state index is 3.60. The predicted molar refractivity (Wildman–Crippen MR) is 85.2 cm³/mol. The van der Waals surface area contributed by atoms with Crippen molar-refractivity contribution >= 4 is 5.69 Å². The molecule has 0 radical (unpaired) electrons. The molecule has 0 amide bonds. The van der Waals surface area contributed by atoms with Crippen LogP contribution in [0, 0.1) is 0 Å². The molecule has 3 nitrogen and oxygen atoms in total. The molecule has 1 heterocycles. The second kappa shape index (κ2) is 6.59. The molecule has 3 rings (SSSR count). The van der Waals surface area contributed by atoms with E-state index in [4.69, 9.17) is 0 Å². The Morgan fingerprint density at radius 2 is 2.15 bits per heavy atom. The molecular weight excluding hydrogens is 246 g/mol. The van der Waals surface area contributed by atoms with Crippen LogP contribution < -0.4 is 10.6 Å². The van der Waals surface area contributed by atoms with Crippen molar-refractivity contribution < 1.29 is 0 Å². The van der Waals surface area contributed by atoms with Gasteiger partial charge in [-0.2, -0.15) is 0 Å². The smallest absolute Gasteiger partial charge is 0.0419 e. The number of hydrogen-bond donors (Lipinski definition) is 2. The normalized spacial score (nSPS) is 18.5. The first-order valence-corrected chi connectivity index (χ1v) is 8.10. The van der Waals surface area contributed by atoms with Crippen molar-refractivity contribution in [2.24, 2.45) is 0 Å². The minimum atomic E-state index is 0.833. The van der Waals surface area contributed by atoms with E-state index in [-0.39, 0.29) is 0 Å². The number of fused-ring (bicyclic) bond motifs is 1. The Kier molecular flexibility index (Phi) is 4.58. The second-order valence-electron chi connectivity index (χ2n) is 6.22. The van der Waals surface area contributed by atoms with E-state index < -0.39 is 0 Å². The van der Waals surface area contributed by atoms with Crippen molar-refractivity contribution in [2.75, 3.05) is 32.0 Å². The van der Waals surface area contributed by atoms with Crippen molar-refractivity contribution in [3.63, 3.8) is 0 Å². The van der Waals surface area contributed by atoms with Crippen molar-refractivity contribution in [3.05, 3.63) is 29.3 Å². The molecule has 3 heteroatoms. The minimum Gasteiger partial charge on any atom is -0.384 e. The Morgan fingerprint density at radius 1 is 1.30 bits per heavy atom. The van der Waals surface area contributed by atoms with Crippen LogP contribution in [-0.4, -0.2) is 37.6 Å². The Bertz CT molecular complexity index is 438. The summed E-state index contributed by atoms with van der Waals surface area (Å²) in [5, 5.41) is 7.12. The fourth-order valence-corrected chi connectivity index (χ4v) is 3.56. The van der Waals surface area contributed by atoms with Gasteiger partial charge >= 0.3 is 0 Å². The molecule has 2 N–H and O–H groups in total. The molecule has 0 unspecified atom stereocenters. The Morgan fingerprint density at radius 3 is 3.00 bits per heavy atom. The monoisotopic (exact) mass is 273 g/mol. The highest BCUT2D eigenvalue weighted by Gasteiger charge is 2.18. The van der Waals surface area contributed by atoms with E-state index in [0.717, 1.165) is 32.2 Å². The zero-order valence-corrected chi connectivity index (χ0v) is 12.6. The molecule has 110 valence electrons. The van der Waals surface area contributed by atoms with E-state index in [1.54, 1.807) is 0 Å². The molecule has 1 aliphatic heterocycles. The topological polar surface area (TPSA) is 27.3 Å². The molecule has 1 aromatic carbocycles. The number of hydrogen-bond acceptors (Lipinski definition) is 3. The number of benzene rings is 1. The minimum absolute atomic E-state index is 0.833. The first-order valence-electron chi connectivity index (χ1n) is 8.10. The van der Waals surface area contributed by atoms with E-state index in [1.807, 2.05) is 0 Å². The molecule has 20 heavy (non-hydrogen) atoms. The molecule has 1 saturated carbocycles. The van der Waals surface area contributed by atoms with Crippen LogP contribution >= 0.6 is 0 Å². The van der Waals surface area contributed by atoms with E-state index in [9.17, 15) is 0 Å². The SMILES string of the molecule is CN(CCNCc1cccc2c1NCC2)C1CCCC1. The molecule has 2 aliphatic rings. The highest BCUT2D eigenvalue weighted by atomic mass is 15.1. The lowest BCUT2D eigenvalue weighted by Gasteiger charge is -2.24. The van der Waals surface area contributed by atoms with E-state index in [1.165, 1.54) is 48.9 Å². The molecule has 1 aliphatic carbocycles. The number of para-hydroxylation sites is 1. The van der Waals surface area contributed by atoms with Crippen LogP contribution in [0.3, 0.4) is 0 Å². The molecule has 0 aromatic heterocycles. The van der Waals surface area contributed by atoms with Gasteiger partial charge in [-0.15, -0.1) is 0 Å². The molecule has 1 aromatic rings. The summed E-state index contributed by atoms with van der Waals surface area (Å²) >= 11 is 0. The van der Waals surface area contributed by atoms with Gasteiger partial charge in [0.05, 0.1) is 0 Å². The van der Waals surface area contributed by atoms with Crippen LogP contribution in [0.2, 0.25) is 0 Å². The largest absolute Gasteiger partial charge is 0.384 e. The van der Waals surface area contributed by atoms with Gasteiger partial charge in [-0.1, -0.05) is 31.0 Å². The van der Waals surface area contributed by atoms with Gasteiger partial charge in [0.1, 0.15) is 0 Å². The zero-order valence-electron chi connectivity index (χ0n) is 12.6. The molecule has 0 spiro atoms. The van der Waals surface area contributed by atoms with E-state index in [2.05, 4.69) is 40.8 Å². The van der Waals surface area contributed by atoms with Crippen LogP contribution in [0.5, 0.6) is 0 Å². The predicted octanol–water partition coefficient (Wildman–Crippen LogP) is 2.62. The van der Waals surface area contributed by atoms with Crippen LogP contribution in [-0.2, 0) is 13.0 Å². The summed E-state index contributed by atoms with van der Waals surface area (Å²) in [5.41, 5.74) is 4.28. The number of nitrogens with one attached hydrogen (secondary N) is 2. The summed E-state index contributed by atoms with van der Waals surface area (Å²) in [4.78, 5) is 2.54. The number of rotatable bonds is 6. The lowest BCUT2D eigenvalue weighted by atomic mass is 10.1. The Balaban J connectivity index is 1.43. The first kappa shape index (κ1) is 13.9. The summed E-state index contributed by atoms with van der Waals surface area (Å²) in [6, 6.07) is 7.50. The number of anilines is 1. The van der Waals surface area contributed by atoms with Gasteiger partial charge in [0.2, 0.25) is 0 Å². The van der Waals surface area contributed by atoms with Crippen molar-refractivity contribution in [1.29, 1.82) is 0 Å². The van der Waals surface area contributed by atoms with Crippen LogP contribution in [0.4, 0.5) is 5.69 Å². The van der Waals surface area contributed by atoms with Gasteiger partial charge in [-0.25, -0.2) is 0 Å². The standard InChI is InChI=1S/C17H27N3/c1-20(16-7-2-3-8-16)12-11-18-13-15-6-4-5-14-9-10-19-17(14)15/h4-6,16,18-19H,2-3,7-13H2,1H3. The highest BCUT2D eigenvalue weighted by Crippen LogP contribution is 2.26. The average molecular weight is 273 g/mol. The Labute approximate surface area is 122 Å². The molecule has 0 atom stereocenters. The van der Waals surface area contributed by atoms with Gasteiger partial charge in [-0.05, 0) is 37.4 Å². The zero-order chi connectivity index (χ0) is 13.8. The number of likely N-dealkylation sites (N-methyl/N-ethyl adjacent to an activating group) is 1. The van der Waals surface area contributed by atoms with Gasteiger partial charge in [0, 0.05) is 37.9 Å². The van der Waals surface area contributed by atoms with Gasteiger partial charge in [0.15, 0.2) is 0 Å². The lowest BCUT2D eigenvalue weighted by molar-refractivity contribution is 0.245. The van der Waals surface area contributed by atoms with Gasteiger partial charge < -0.3 is 15.5 Å². The summed E-state index contributed by atoms with van der Waals surface area (Å²) in [6.45, 7) is 4.31. The van der Waals surface area contributed by atoms with Gasteiger partial charge in [0.25, 0.3) is 0 Å². The third-order valence-corrected chi connectivity index (χ3v) is 4.84. The number of nitrogens with zero attached hydrogens (tertiary/aromatic N) is 1. The summed E-state index contributed by atoms with van der Waals surface area (Å²) in [7, 11) is 2.28. The van der Waals surface area contributed by atoms with Crippen LogP contribution in [0.1, 0.15) is 36.8 Å². The summed E-state index contributed by atoms with van der Waals surface area (Å²) in [5.74, 6) is 0. The highest BCUT2D eigenvalue weighted by molar-refractivity contribution is 5.61. The lowest BCUT2D eigenvalue weighted by Crippen LogP contribution is -2.35. The third-order valence-electron chi connectivity index (χ3n) is 4.84. The van der Waals surface area contributed by atoms with E-state index >= 15 is 0 Å². The fraction of sp³-hybridized carbons (Fsp3) is 0.647. The summed E-state index contributed by atoms with van der Waals surface area (Å²) in [6.07, 6.45) is 6.81. The van der Waals surface area contributed by atoms with Crippen LogP contribution in [0.15, 0.2) is 18.2 Å². The quantitative estimate of drug-likeness (QED) is 0.780. The average Bonchev–Trinajstić information content (AvgIpc) is 3.13. The molecule has 0 saturated heterocycles.